The normalized spacial score (nSPS) is 12.4. The van der Waals surface area contributed by atoms with Crippen LogP contribution >= 0.6 is 27.5 Å². The van der Waals surface area contributed by atoms with E-state index in [1.165, 1.54) is 4.31 Å². The van der Waals surface area contributed by atoms with Crippen LogP contribution in [0.25, 0.3) is 0 Å². The zero-order chi connectivity index (χ0) is 30.2. The molecule has 0 heterocycles. The van der Waals surface area contributed by atoms with Gasteiger partial charge in [0.05, 0.1) is 11.9 Å². The van der Waals surface area contributed by atoms with Crippen LogP contribution in [0.1, 0.15) is 44.7 Å². The lowest BCUT2D eigenvalue weighted by atomic mass is 10.00. The third-order valence-corrected chi connectivity index (χ3v) is 8.24. The number of nitrogens with zero attached hydrogens (tertiary/aromatic N) is 2. The van der Waals surface area contributed by atoms with Gasteiger partial charge in [-0.2, -0.15) is 0 Å². The fourth-order valence-electron chi connectivity index (χ4n) is 4.43. The summed E-state index contributed by atoms with van der Waals surface area (Å²) < 4.78 is 27.3. The standard InChI is InChI=1S/C31H37BrClN3O4S/c1-31(2,3)34-30(38)28(20-23-10-6-5-7-11-23)35(22-24-15-17-25(32)18-16-24)29(37)14-9-19-36(41(4,39)40)27-13-8-12-26(33)21-27/h5-8,10-13,15-18,21,28H,9,14,19-20,22H2,1-4H3,(H,34,38)/t28-/m0/s1. The molecule has 1 atom stereocenters. The van der Waals surface area contributed by atoms with Crippen molar-refractivity contribution in [1.29, 1.82) is 0 Å². The number of halogens is 2. The molecule has 3 aromatic rings. The Labute approximate surface area is 257 Å². The number of rotatable bonds is 12. The summed E-state index contributed by atoms with van der Waals surface area (Å²) >= 11 is 9.56. The maximum Gasteiger partial charge on any atom is 0.243 e. The van der Waals surface area contributed by atoms with E-state index in [0.29, 0.717) is 17.1 Å². The number of benzene rings is 3. The van der Waals surface area contributed by atoms with Gasteiger partial charge in [0.15, 0.2) is 0 Å². The molecule has 0 bridgehead atoms. The first-order valence-corrected chi connectivity index (χ1v) is 16.4. The van der Waals surface area contributed by atoms with Crippen LogP contribution in [0.4, 0.5) is 5.69 Å². The van der Waals surface area contributed by atoms with E-state index in [9.17, 15) is 18.0 Å². The van der Waals surface area contributed by atoms with Gasteiger partial charge in [0.1, 0.15) is 6.04 Å². The number of amides is 2. The predicted octanol–water partition coefficient (Wildman–Crippen LogP) is 6.20. The monoisotopic (exact) mass is 661 g/mol. The Morgan fingerprint density at radius 1 is 0.951 bits per heavy atom. The summed E-state index contributed by atoms with van der Waals surface area (Å²) in [4.78, 5) is 29.2. The molecule has 0 radical (unpaired) electrons. The molecule has 2 amide bonds. The second-order valence-corrected chi connectivity index (χ2v) is 14.3. The molecule has 7 nitrogen and oxygen atoms in total. The molecule has 0 unspecified atom stereocenters. The van der Waals surface area contributed by atoms with Crippen molar-refractivity contribution in [3.05, 3.63) is 99.5 Å². The molecule has 0 aromatic heterocycles. The second kappa shape index (κ2) is 14.3. The Kier molecular flexibility index (Phi) is 11.4. The molecule has 0 saturated heterocycles. The zero-order valence-electron chi connectivity index (χ0n) is 23.8. The van der Waals surface area contributed by atoms with Crippen molar-refractivity contribution >= 4 is 55.1 Å². The van der Waals surface area contributed by atoms with Crippen LogP contribution in [-0.4, -0.2) is 49.5 Å². The quantitative estimate of drug-likeness (QED) is 0.250. The third kappa shape index (κ3) is 10.5. The predicted molar refractivity (Wildman–Crippen MR) is 169 cm³/mol. The highest BCUT2D eigenvalue weighted by atomic mass is 79.9. The van der Waals surface area contributed by atoms with Gasteiger partial charge in [-0.3, -0.25) is 13.9 Å². The van der Waals surface area contributed by atoms with E-state index < -0.39 is 21.6 Å². The van der Waals surface area contributed by atoms with Gasteiger partial charge in [-0.1, -0.05) is 76.1 Å². The maximum absolute atomic E-state index is 13.9. The van der Waals surface area contributed by atoms with Gasteiger partial charge in [0.2, 0.25) is 21.8 Å². The van der Waals surface area contributed by atoms with Gasteiger partial charge < -0.3 is 10.2 Å². The zero-order valence-corrected chi connectivity index (χ0v) is 27.0. The van der Waals surface area contributed by atoms with Crippen molar-refractivity contribution in [3.8, 4) is 0 Å². The van der Waals surface area contributed by atoms with Crippen molar-refractivity contribution < 1.29 is 18.0 Å². The molecule has 0 aliphatic rings. The molecule has 41 heavy (non-hydrogen) atoms. The van der Waals surface area contributed by atoms with Gasteiger partial charge in [-0.25, -0.2) is 8.42 Å². The first kappa shape index (κ1) is 32.6. The van der Waals surface area contributed by atoms with E-state index in [0.717, 1.165) is 21.9 Å². The maximum atomic E-state index is 13.9. The molecule has 3 aromatic carbocycles. The van der Waals surface area contributed by atoms with E-state index in [2.05, 4.69) is 21.2 Å². The molecular formula is C31H37BrClN3O4S. The minimum Gasteiger partial charge on any atom is -0.350 e. The van der Waals surface area contributed by atoms with Gasteiger partial charge in [-0.15, -0.1) is 0 Å². The van der Waals surface area contributed by atoms with E-state index in [1.54, 1.807) is 29.2 Å². The van der Waals surface area contributed by atoms with Gasteiger partial charge >= 0.3 is 0 Å². The topological polar surface area (TPSA) is 86.8 Å². The van der Waals surface area contributed by atoms with Crippen molar-refractivity contribution in [2.45, 2.75) is 58.2 Å². The van der Waals surface area contributed by atoms with Gasteiger partial charge in [0.25, 0.3) is 0 Å². The van der Waals surface area contributed by atoms with Crippen LogP contribution in [0.3, 0.4) is 0 Å². The van der Waals surface area contributed by atoms with E-state index in [-0.39, 0.29) is 37.7 Å². The lowest BCUT2D eigenvalue weighted by Gasteiger charge is -2.34. The highest BCUT2D eigenvalue weighted by Gasteiger charge is 2.32. The van der Waals surface area contributed by atoms with E-state index in [1.807, 2.05) is 75.4 Å². The molecular weight excluding hydrogens is 626 g/mol. The molecule has 1 N–H and O–H groups in total. The van der Waals surface area contributed by atoms with Crippen LogP contribution in [0, 0.1) is 0 Å². The Bertz CT molecular complexity index is 1430. The van der Waals surface area contributed by atoms with Crippen LogP contribution in [0.5, 0.6) is 0 Å². The Balaban J connectivity index is 1.90. The number of hydrogen-bond donors (Lipinski definition) is 1. The summed E-state index contributed by atoms with van der Waals surface area (Å²) in [5, 5.41) is 3.47. The van der Waals surface area contributed by atoms with Crippen LogP contribution < -0.4 is 9.62 Å². The summed E-state index contributed by atoms with van der Waals surface area (Å²) in [6, 6.07) is 23.1. The van der Waals surface area contributed by atoms with E-state index >= 15 is 0 Å². The molecule has 0 saturated carbocycles. The van der Waals surface area contributed by atoms with Crippen molar-refractivity contribution in [2.75, 3.05) is 17.1 Å². The lowest BCUT2D eigenvalue weighted by molar-refractivity contribution is -0.142. The van der Waals surface area contributed by atoms with Gasteiger partial charge in [0, 0.05) is 41.0 Å². The number of sulfonamides is 1. The fraction of sp³-hybridized carbons (Fsp3) is 0.355. The number of nitrogens with one attached hydrogen (secondary N) is 1. The third-order valence-electron chi connectivity index (χ3n) is 6.28. The number of anilines is 1. The number of carbonyl (C=O) groups excluding carboxylic acids is 2. The molecule has 0 aliphatic heterocycles. The molecule has 0 spiro atoms. The largest absolute Gasteiger partial charge is 0.350 e. The SMILES string of the molecule is CC(C)(C)NC(=O)[C@H](Cc1ccccc1)N(Cc1ccc(Br)cc1)C(=O)CCCN(c1cccc(Cl)c1)S(C)(=O)=O. The average Bonchev–Trinajstić information content (AvgIpc) is 2.88. The van der Waals surface area contributed by atoms with Crippen molar-refractivity contribution in [1.82, 2.24) is 10.2 Å². The smallest absolute Gasteiger partial charge is 0.243 e. The summed E-state index contributed by atoms with van der Waals surface area (Å²) in [6.07, 6.45) is 1.77. The molecule has 10 heteroatoms. The number of carbonyl (C=O) groups is 2. The van der Waals surface area contributed by atoms with E-state index in [4.69, 9.17) is 11.6 Å². The molecule has 220 valence electrons. The van der Waals surface area contributed by atoms with Crippen LogP contribution in [-0.2, 0) is 32.6 Å². The van der Waals surface area contributed by atoms with Crippen LogP contribution in [0.2, 0.25) is 5.02 Å². The molecule has 3 rings (SSSR count). The number of hydrogen-bond acceptors (Lipinski definition) is 4. The van der Waals surface area contributed by atoms with Crippen LogP contribution in [0.15, 0.2) is 83.3 Å². The molecule has 0 fully saturated rings. The first-order chi connectivity index (χ1) is 19.2. The minimum atomic E-state index is -3.62. The minimum absolute atomic E-state index is 0.0528. The lowest BCUT2D eigenvalue weighted by Crippen LogP contribution is -2.54. The summed E-state index contributed by atoms with van der Waals surface area (Å²) in [7, 11) is -3.62. The first-order valence-electron chi connectivity index (χ1n) is 13.4. The second-order valence-electron chi connectivity index (χ2n) is 11.0. The van der Waals surface area contributed by atoms with Gasteiger partial charge in [-0.05, 0) is 68.7 Å². The average molecular weight is 663 g/mol. The Morgan fingerprint density at radius 2 is 1.61 bits per heavy atom. The fourth-order valence-corrected chi connectivity index (χ4v) is 5.83. The van der Waals surface area contributed by atoms with Crippen molar-refractivity contribution in [3.63, 3.8) is 0 Å². The highest BCUT2D eigenvalue weighted by Crippen LogP contribution is 2.23. The molecule has 0 aliphatic carbocycles. The summed E-state index contributed by atoms with van der Waals surface area (Å²) in [5.74, 6) is -0.485. The van der Waals surface area contributed by atoms with Crippen molar-refractivity contribution in [2.24, 2.45) is 0 Å². The summed E-state index contributed by atoms with van der Waals surface area (Å²) in [6.45, 7) is 6.03. The Morgan fingerprint density at radius 3 is 2.20 bits per heavy atom. The summed E-state index contributed by atoms with van der Waals surface area (Å²) in [5.41, 5.74) is 1.75. The highest BCUT2D eigenvalue weighted by molar-refractivity contribution is 9.10. The Hall–Kier alpha value is -2.88.